The van der Waals surface area contributed by atoms with E-state index in [1.165, 1.54) is 17.4 Å². The van der Waals surface area contributed by atoms with Gasteiger partial charge in [-0.25, -0.2) is 13.4 Å². The monoisotopic (exact) mass is 414 g/mol. The van der Waals surface area contributed by atoms with Gasteiger partial charge in [-0.05, 0) is 49.2 Å². The lowest BCUT2D eigenvalue weighted by atomic mass is 10.0. The van der Waals surface area contributed by atoms with Gasteiger partial charge in [-0.15, -0.1) is 0 Å². The van der Waals surface area contributed by atoms with Crippen molar-refractivity contribution in [2.24, 2.45) is 0 Å². The van der Waals surface area contributed by atoms with Crippen LogP contribution in [0.4, 0.5) is 5.13 Å². The number of amides is 1. The zero-order chi connectivity index (χ0) is 20.1. The van der Waals surface area contributed by atoms with Crippen molar-refractivity contribution in [3.8, 4) is 0 Å². The molecule has 0 aliphatic carbocycles. The second kappa shape index (κ2) is 6.72. The Hall–Kier alpha value is -2.71. The van der Waals surface area contributed by atoms with Crippen LogP contribution in [0.2, 0.25) is 0 Å². The Balaban J connectivity index is 1.57. The first kappa shape index (κ1) is 18.6. The number of rotatable bonds is 4. The molecule has 2 aromatic carbocycles. The summed E-state index contributed by atoms with van der Waals surface area (Å²) >= 11 is 1.25. The zero-order valence-electron chi connectivity index (χ0n) is 15.6. The molecule has 2 aromatic heterocycles. The number of fused-ring (bicyclic) bond motifs is 2. The van der Waals surface area contributed by atoms with E-state index in [1.54, 1.807) is 18.4 Å². The van der Waals surface area contributed by atoms with E-state index in [0.717, 1.165) is 33.9 Å². The number of furan rings is 1. The molecule has 1 amide bonds. The van der Waals surface area contributed by atoms with Crippen molar-refractivity contribution in [2.75, 3.05) is 11.6 Å². The maximum absolute atomic E-state index is 12.5. The molecule has 0 radical (unpaired) electrons. The Morgan fingerprint density at radius 3 is 2.75 bits per heavy atom. The summed E-state index contributed by atoms with van der Waals surface area (Å²) in [6.07, 6.45) is 2.95. The standard InChI is InChI=1S/C20H18N2O4S2/c1-11-6-12(2)19-13(10-26-16(19)7-11)8-18(23)22-20-21-15-5-4-14(28(3,24)25)9-17(15)27-20/h4-7,9-10H,8H2,1-3H3,(H,21,22,23). The van der Waals surface area contributed by atoms with Gasteiger partial charge in [-0.3, -0.25) is 4.79 Å². The molecule has 0 atom stereocenters. The minimum Gasteiger partial charge on any atom is -0.464 e. The number of aryl methyl sites for hydroxylation is 2. The van der Waals surface area contributed by atoms with E-state index in [1.807, 2.05) is 19.9 Å². The number of nitrogens with one attached hydrogen (secondary N) is 1. The highest BCUT2D eigenvalue weighted by molar-refractivity contribution is 7.90. The molecule has 2 heterocycles. The Morgan fingerprint density at radius 1 is 1.21 bits per heavy atom. The van der Waals surface area contributed by atoms with E-state index < -0.39 is 9.84 Å². The molecular weight excluding hydrogens is 396 g/mol. The third kappa shape index (κ3) is 3.53. The van der Waals surface area contributed by atoms with Crippen LogP contribution in [0.5, 0.6) is 0 Å². The molecule has 0 saturated heterocycles. The molecule has 0 fully saturated rings. The van der Waals surface area contributed by atoms with Gasteiger partial charge >= 0.3 is 0 Å². The molecule has 0 aliphatic heterocycles. The number of nitrogens with zero attached hydrogens (tertiary/aromatic N) is 1. The summed E-state index contributed by atoms with van der Waals surface area (Å²) in [4.78, 5) is 17.1. The lowest BCUT2D eigenvalue weighted by molar-refractivity contribution is -0.115. The highest BCUT2D eigenvalue weighted by atomic mass is 32.2. The van der Waals surface area contributed by atoms with Gasteiger partial charge < -0.3 is 9.73 Å². The minimum atomic E-state index is -3.29. The highest BCUT2D eigenvalue weighted by Gasteiger charge is 2.15. The van der Waals surface area contributed by atoms with Crippen molar-refractivity contribution in [1.82, 2.24) is 4.98 Å². The van der Waals surface area contributed by atoms with E-state index in [-0.39, 0.29) is 17.2 Å². The Bertz CT molecular complexity index is 1330. The van der Waals surface area contributed by atoms with Crippen molar-refractivity contribution >= 4 is 53.4 Å². The predicted molar refractivity (Wildman–Crippen MR) is 111 cm³/mol. The number of hydrogen-bond acceptors (Lipinski definition) is 6. The Morgan fingerprint density at radius 2 is 2.00 bits per heavy atom. The second-order valence-corrected chi connectivity index (χ2v) is 9.91. The topological polar surface area (TPSA) is 89.3 Å². The molecule has 8 heteroatoms. The molecule has 144 valence electrons. The fourth-order valence-corrected chi connectivity index (χ4v) is 4.93. The lowest BCUT2D eigenvalue weighted by Crippen LogP contribution is -2.14. The molecule has 4 aromatic rings. The van der Waals surface area contributed by atoms with Gasteiger partial charge in [0.15, 0.2) is 15.0 Å². The summed E-state index contributed by atoms with van der Waals surface area (Å²) in [5.41, 5.74) is 4.42. The molecule has 1 N–H and O–H groups in total. The van der Waals surface area contributed by atoms with Gasteiger partial charge in [0.1, 0.15) is 5.58 Å². The van der Waals surface area contributed by atoms with Crippen LogP contribution in [-0.2, 0) is 21.1 Å². The van der Waals surface area contributed by atoms with Gasteiger partial charge in [0.05, 0.1) is 27.8 Å². The molecule has 0 bridgehead atoms. The maximum atomic E-state index is 12.5. The molecule has 28 heavy (non-hydrogen) atoms. The van der Waals surface area contributed by atoms with Crippen LogP contribution >= 0.6 is 11.3 Å². The van der Waals surface area contributed by atoms with Crippen LogP contribution in [0.1, 0.15) is 16.7 Å². The third-order valence-corrected chi connectivity index (χ3v) is 6.52. The van der Waals surface area contributed by atoms with Crippen molar-refractivity contribution in [2.45, 2.75) is 25.2 Å². The predicted octanol–water partition coefficient (Wildman–Crippen LogP) is 4.24. The molecule has 0 unspecified atom stereocenters. The quantitative estimate of drug-likeness (QED) is 0.539. The molecular formula is C20H18N2O4S2. The largest absolute Gasteiger partial charge is 0.464 e. The van der Waals surface area contributed by atoms with Crippen LogP contribution in [0, 0.1) is 13.8 Å². The van der Waals surface area contributed by atoms with Crippen LogP contribution in [0.25, 0.3) is 21.2 Å². The zero-order valence-corrected chi connectivity index (χ0v) is 17.2. The third-order valence-electron chi connectivity index (χ3n) is 4.48. The average molecular weight is 415 g/mol. The molecule has 4 rings (SSSR count). The lowest BCUT2D eigenvalue weighted by Gasteiger charge is -2.03. The smallest absolute Gasteiger partial charge is 0.230 e. The highest BCUT2D eigenvalue weighted by Crippen LogP contribution is 2.29. The maximum Gasteiger partial charge on any atom is 0.230 e. The molecule has 0 saturated carbocycles. The van der Waals surface area contributed by atoms with Crippen LogP contribution < -0.4 is 5.32 Å². The van der Waals surface area contributed by atoms with Gasteiger partial charge in [-0.2, -0.15) is 0 Å². The summed E-state index contributed by atoms with van der Waals surface area (Å²) in [7, 11) is -3.29. The Kier molecular flexibility index (Phi) is 4.47. The van der Waals surface area contributed by atoms with E-state index >= 15 is 0 Å². The van der Waals surface area contributed by atoms with E-state index in [9.17, 15) is 13.2 Å². The minimum absolute atomic E-state index is 0.168. The first-order chi connectivity index (χ1) is 13.2. The SMILES string of the molecule is Cc1cc(C)c2c(CC(=O)Nc3nc4ccc(S(C)(=O)=O)cc4s3)coc2c1. The number of benzene rings is 2. The number of aromatic nitrogens is 1. The van der Waals surface area contributed by atoms with Gasteiger partial charge in [0.2, 0.25) is 5.91 Å². The van der Waals surface area contributed by atoms with E-state index in [4.69, 9.17) is 4.42 Å². The normalized spacial score (nSPS) is 12.0. The first-order valence-corrected chi connectivity index (χ1v) is 11.3. The number of carbonyl (C=O) groups excluding carboxylic acids is 1. The van der Waals surface area contributed by atoms with E-state index in [0.29, 0.717) is 15.3 Å². The summed E-state index contributed by atoms with van der Waals surface area (Å²) in [6.45, 7) is 4.00. The van der Waals surface area contributed by atoms with Crippen molar-refractivity contribution in [3.05, 3.63) is 53.3 Å². The number of thiazole rings is 1. The van der Waals surface area contributed by atoms with Gasteiger partial charge in [-0.1, -0.05) is 17.4 Å². The number of anilines is 1. The number of hydrogen-bond donors (Lipinski definition) is 1. The summed E-state index contributed by atoms with van der Waals surface area (Å²) in [5, 5.41) is 4.20. The van der Waals surface area contributed by atoms with Crippen molar-refractivity contribution in [1.29, 1.82) is 0 Å². The number of sulfone groups is 1. The fraction of sp³-hybridized carbons (Fsp3) is 0.200. The van der Waals surface area contributed by atoms with Crippen LogP contribution in [0.15, 0.2) is 45.9 Å². The summed E-state index contributed by atoms with van der Waals surface area (Å²) < 4.78 is 29.7. The van der Waals surface area contributed by atoms with Crippen LogP contribution in [-0.4, -0.2) is 25.6 Å². The van der Waals surface area contributed by atoms with E-state index in [2.05, 4.69) is 16.4 Å². The average Bonchev–Trinajstić information content (AvgIpc) is 3.16. The number of carbonyl (C=O) groups is 1. The van der Waals surface area contributed by atoms with Crippen molar-refractivity contribution < 1.29 is 17.6 Å². The molecule has 0 aliphatic rings. The fourth-order valence-electron chi connectivity index (χ4n) is 3.28. The van der Waals surface area contributed by atoms with Gasteiger partial charge in [0, 0.05) is 17.2 Å². The molecule has 6 nitrogen and oxygen atoms in total. The summed E-state index contributed by atoms with van der Waals surface area (Å²) in [6, 6.07) is 8.76. The molecule has 0 spiro atoms. The first-order valence-electron chi connectivity index (χ1n) is 8.58. The Labute approximate surface area is 166 Å². The van der Waals surface area contributed by atoms with Crippen LogP contribution in [0.3, 0.4) is 0 Å². The second-order valence-electron chi connectivity index (χ2n) is 6.86. The van der Waals surface area contributed by atoms with Gasteiger partial charge in [0.25, 0.3) is 0 Å². The summed E-state index contributed by atoms with van der Waals surface area (Å²) in [5.74, 6) is -0.204. The van der Waals surface area contributed by atoms with Crippen molar-refractivity contribution in [3.63, 3.8) is 0 Å².